The molecule has 25 heavy (non-hydrogen) atoms. The molecule has 0 bridgehead atoms. The van der Waals surface area contributed by atoms with E-state index in [4.69, 9.17) is 0 Å². The predicted molar refractivity (Wildman–Crippen MR) is 101 cm³/mol. The second-order valence-corrected chi connectivity index (χ2v) is 9.66. The maximum atomic E-state index is 13.3. The van der Waals surface area contributed by atoms with Crippen molar-refractivity contribution in [3.8, 4) is 12.8 Å². The molecular weight excluding hydrogens is 308 g/mol. The van der Waals surface area contributed by atoms with Crippen LogP contribution in [0, 0.1) is 53.3 Å². The maximum Gasteiger partial charge on any atom is 0.137 e. The van der Waals surface area contributed by atoms with Crippen LogP contribution in [0.4, 0.5) is 0 Å². The molecule has 2 heteroatoms. The molecule has 2 nitrogen and oxygen atoms in total. The molecule has 0 saturated heterocycles. The number of carbonyl (C=O) groups excluding carboxylic acids is 2. The average Bonchev–Trinajstić information content (AvgIpc) is 2.92. The van der Waals surface area contributed by atoms with Gasteiger partial charge in [-0.3, -0.25) is 9.59 Å². The van der Waals surface area contributed by atoms with Crippen molar-refractivity contribution in [1.29, 1.82) is 0 Å². The van der Waals surface area contributed by atoms with E-state index < -0.39 is 0 Å². The Bertz CT molecular complexity index is 576. The van der Waals surface area contributed by atoms with Crippen LogP contribution in [0.15, 0.2) is 0 Å². The van der Waals surface area contributed by atoms with E-state index in [1.807, 2.05) is 0 Å². The van der Waals surface area contributed by atoms with Crippen molar-refractivity contribution in [2.45, 2.75) is 78.6 Å². The maximum absolute atomic E-state index is 13.3. The third kappa shape index (κ3) is 2.61. The number of rotatable bonds is 1. The number of carbonyl (C=O) groups is 2. The summed E-state index contributed by atoms with van der Waals surface area (Å²) in [6.45, 7) is 6.44. The summed E-state index contributed by atoms with van der Waals surface area (Å²) in [5.74, 6) is 3.20. The van der Waals surface area contributed by atoms with Crippen LogP contribution in [0.1, 0.15) is 78.6 Å². The molecule has 4 aliphatic carbocycles. The van der Waals surface area contributed by atoms with Crippen LogP contribution >= 0.6 is 0 Å². The van der Waals surface area contributed by atoms with Crippen molar-refractivity contribution in [3.05, 3.63) is 0 Å². The van der Waals surface area contributed by atoms with E-state index in [9.17, 15) is 9.59 Å². The number of fused-ring (bicyclic) bond motifs is 5. The molecule has 0 radical (unpaired) electrons. The minimum absolute atomic E-state index is 0.0397. The summed E-state index contributed by atoms with van der Waals surface area (Å²) in [5.41, 5.74) is 0.218. The van der Waals surface area contributed by atoms with Crippen LogP contribution in [0.25, 0.3) is 0 Å². The van der Waals surface area contributed by atoms with Crippen molar-refractivity contribution >= 4 is 11.6 Å². The summed E-state index contributed by atoms with van der Waals surface area (Å²) in [6.07, 6.45) is 18.7. The Kier molecular flexibility index (Phi) is 4.91. The molecule has 7 atom stereocenters. The van der Waals surface area contributed by atoms with Crippen molar-refractivity contribution in [3.63, 3.8) is 0 Å². The Morgan fingerprint density at radius 3 is 2.40 bits per heavy atom. The van der Waals surface area contributed by atoms with Gasteiger partial charge < -0.3 is 0 Å². The van der Waals surface area contributed by atoms with Gasteiger partial charge in [0.2, 0.25) is 0 Å². The van der Waals surface area contributed by atoms with E-state index in [-0.39, 0.29) is 16.7 Å². The Balaban J connectivity index is 0.000000880. The van der Waals surface area contributed by atoms with Crippen molar-refractivity contribution < 1.29 is 9.59 Å². The zero-order chi connectivity index (χ0) is 18.4. The largest absolute Gasteiger partial charge is 0.300 e. The molecule has 138 valence electrons. The fraction of sp³-hybridized carbons (Fsp3) is 0.826. The summed E-state index contributed by atoms with van der Waals surface area (Å²) in [6, 6.07) is 0. The van der Waals surface area contributed by atoms with Gasteiger partial charge in [-0.15, -0.1) is 12.8 Å². The first-order valence-corrected chi connectivity index (χ1v) is 10.2. The Morgan fingerprint density at radius 2 is 1.72 bits per heavy atom. The highest BCUT2D eigenvalue weighted by Gasteiger charge is 2.63. The van der Waals surface area contributed by atoms with Crippen LogP contribution < -0.4 is 0 Å². The first kappa shape index (κ1) is 18.7. The summed E-state index contributed by atoms with van der Waals surface area (Å²) in [4.78, 5) is 25.4. The molecule has 0 N–H and O–H groups in total. The minimum atomic E-state index is -0.0397. The Labute approximate surface area is 153 Å². The summed E-state index contributed by atoms with van der Waals surface area (Å²) < 4.78 is 0. The lowest BCUT2D eigenvalue weighted by atomic mass is 9.44. The molecule has 0 aromatic heterocycles. The number of hydrogen-bond acceptors (Lipinski definition) is 2. The molecule has 4 rings (SSSR count). The van der Waals surface area contributed by atoms with Gasteiger partial charge in [0.1, 0.15) is 11.6 Å². The van der Waals surface area contributed by atoms with Gasteiger partial charge in [0.25, 0.3) is 0 Å². The van der Waals surface area contributed by atoms with Gasteiger partial charge in [0.15, 0.2) is 0 Å². The van der Waals surface area contributed by atoms with Crippen LogP contribution in [0.3, 0.4) is 0 Å². The second kappa shape index (κ2) is 6.57. The third-order valence-electron chi connectivity index (χ3n) is 8.76. The van der Waals surface area contributed by atoms with E-state index in [1.165, 1.54) is 44.9 Å². The first-order valence-electron chi connectivity index (χ1n) is 10.2. The molecule has 4 fully saturated rings. The summed E-state index contributed by atoms with van der Waals surface area (Å²) in [5, 5.41) is 0. The topological polar surface area (TPSA) is 34.1 Å². The second-order valence-electron chi connectivity index (χ2n) is 9.66. The molecule has 0 aliphatic heterocycles. The lowest BCUT2D eigenvalue weighted by molar-refractivity contribution is -0.158. The monoisotopic (exact) mass is 342 g/mol. The minimum Gasteiger partial charge on any atom is -0.300 e. The highest BCUT2D eigenvalue weighted by molar-refractivity contribution is 5.87. The van der Waals surface area contributed by atoms with Gasteiger partial charge in [-0.1, -0.05) is 26.7 Å². The lowest BCUT2D eigenvalue weighted by Crippen LogP contribution is -2.57. The molecule has 4 aliphatic rings. The van der Waals surface area contributed by atoms with Gasteiger partial charge in [-0.05, 0) is 74.0 Å². The Morgan fingerprint density at radius 1 is 1.00 bits per heavy atom. The molecule has 0 aromatic rings. The van der Waals surface area contributed by atoms with E-state index in [1.54, 1.807) is 6.92 Å². The summed E-state index contributed by atoms with van der Waals surface area (Å²) in [7, 11) is 0. The standard InChI is InChI=1S/C21H32O2.C2H2/c1-13(22)16-9-10-17-15-8-7-14-6-4-5-11-20(14,2)19(15)18(23)12-21(16,17)3;1-2/h14-17,19H,4-12H2,1-3H3;1-2H/t14?,15?,16-,17?,19?,20+,21-;/m1./s1. The molecule has 0 aromatic carbocycles. The predicted octanol–water partition coefficient (Wildman–Crippen LogP) is 5.05. The zero-order valence-corrected chi connectivity index (χ0v) is 16.2. The SMILES string of the molecule is C#C.CC(=O)[C@H]1CCC2C3CCC4CCCC[C@]4(C)C3C(=O)C[C@@]21C. The number of Topliss-reactive ketones (excluding diaryl/α,β-unsaturated/α-hetero) is 2. The van der Waals surface area contributed by atoms with Crippen molar-refractivity contribution in [2.75, 3.05) is 0 Å². The molecular formula is C23H34O2. The lowest BCUT2D eigenvalue weighted by Gasteiger charge is -2.59. The van der Waals surface area contributed by atoms with Crippen LogP contribution in [-0.4, -0.2) is 11.6 Å². The van der Waals surface area contributed by atoms with E-state index >= 15 is 0 Å². The highest BCUT2D eigenvalue weighted by Crippen LogP contribution is 2.66. The molecule has 0 spiro atoms. The fourth-order valence-electron chi connectivity index (χ4n) is 7.78. The molecule has 4 saturated carbocycles. The number of hydrogen-bond donors (Lipinski definition) is 0. The molecule has 0 heterocycles. The van der Waals surface area contributed by atoms with E-state index in [2.05, 4.69) is 26.7 Å². The number of terminal acetylenes is 1. The van der Waals surface area contributed by atoms with Gasteiger partial charge in [-0.25, -0.2) is 0 Å². The third-order valence-corrected chi connectivity index (χ3v) is 8.76. The van der Waals surface area contributed by atoms with Gasteiger partial charge in [0.05, 0.1) is 0 Å². The zero-order valence-electron chi connectivity index (χ0n) is 16.2. The van der Waals surface area contributed by atoms with Gasteiger partial charge in [-0.2, -0.15) is 0 Å². The Hall–Kier alpha value is -1.10. The number of ketones is 2. The molecule has 0 amide bonds. The highest BCUT2D eigenvalue weighted by atomic mass is 16.1. The first-order chi connectivity index (χ1) is 11.9. The van der Waals surface area contributed by atoms with Crippen LogP contribution in [0.2, 0.25) is 0 Å². The van der Waals surface area contributed by atoms with Crippen LogP contribution in [-0.2, 0) is 9.59 Å². The average molecular weight is 343 g/mol. The molecule has 4 unspecified atom stereocenters. The van der Waals surface area contributed by atoms with Gasteiger partial charge >= 0.3 is 0 Å². The van der Waals surface area contributed by atoms with E-state index in [0.29, 0.717) is 35.7 Å². The van der Waals surface area contributed by atoms with Crippen molar-refractivity contribution in [2.24, 2.45) is 40.4 Å². The normalized spacial score (nSPS) is 48.4. The fourth-order valence-corrected chi connectivity index (χ4v) is 7.78. The quantitative estimate of drug-likeness (QED) is 0.625. The smallest absolute Gasteiger partial charge is 0.137 e. The summed E-state index contributed by atoms with van der Waals surface area (Å²) >= 11 is 0. The van der Waals surface area contributed by atoms with Crippen molar-refractivity contribution in [1.82, 2.24) is 0 Å². The van der Waals surface area contributed by atoms with Gasteiger partial charge in [0, 0.05) is 18.3 Å². The van der Waals surface area contributed by atoms with E-state index in [0.717, 1.165) is 12.3 Å². The van der Waals surface area contributed by atoms with Crippen LogP contribution in [0.5, 0.6) is 0 Å².